The number of carbonyl (C=O) groups is 3. The Balaban J connectivity index is 1.21. The highest BCUT2D eigenvalue weighted by atomic mass is 32.2. The minimum Gasteiger partial charge on any atom is -0.489 e. The zero-order valence-electron chi connectivity index (χ0n) is 21.1. The lowest BCUT2D eigenvalue weighted by molar-refractivity contribution is -0.127. The summed E-state index contributed by atoms with van der Waals surface area (Å²) in [6.07, 6.45) is 1.65. The summed E-state index contributed by atoms with van der Waals surface area (Å²) in [5.41, 5.74) is 4.52. The van der Waals surface area contributed by atoms with Gasteiger partial charge in [-0.05, 0) is 89.0 Å². The van der Waals surface area contributed by atoms with Gasteiger partial charge in [0.1, 0.15) is 18.9 Å². The van der Waals surface area contributed by atoms with Gasteiger partial charge in [-0.2, -0.15) is 0 Å². The van der Waals surface area contributed by atoms with Crippen molar-refractivity contribution in [3.63, 3.8) is 0 Å². The van der Waals surface area contributed by atoms with Crippen LogP contribution in [0.1, 0.15) is 22.3 Å². The van der Waals surface area contributed by atoms with E-state index in [0.29, 0.717) is 18.0 Å². The third-order valence-electron chi connectivity index (χ3n) is 6.13. The Morgan fingerprint density at radius 3 is 2.39 bits per heavy atom. The molecule has 0 saturated carbocycles. The van der Waals surface area contributed by atoms with Crippen molar-refractivity contribution in [3.05, 3.63) is 112 Å². The molecule has 0 unspecified atom stereocenters. The molecule has 5 rings (SSSR count). The smallest absolute Gasteiger partial charge is 0.294 e. The molecule has 38 heavy (non-hydrogen) atoms. The number of nitrogens with one attached hydrogen (secondary N) is 1. The molecule has 4 aromatic rings. The van der Waals surface area contributed by atoms with E-state index in [1.54, 1.807) is 6.08 Å². The Bertz CT molecular complexity index is 1550. The van der Waals surface area contributed by atoms with Crippen molar-refractivity contribution in [2.75, 3.05) is 11.9 Å². The first kappa shape index (κ1) is 25.3. The maximum absolute atomic E-state index is 12.9. The number of hydrogen-bond acceptors (Lipinski definition) is 5. The summed E-state index contributed by atoms with van der Waals surface area (Å²) in [5.74, 6) is -0.204. The molecule has 1 saturated heterocycles. The molecule has 0 aromatic heterocycles. The van der Waals surface area contributed by atoms with Crippen LogP contribution in [0.3, 0.4) is 0 Å². The fraction of sp³-hybridized carbons (Fsp3) is 0.129. The third kappa shape index (κ3) is 5.79. The largest absolute Gasteiger partial charge is 0.489 e. The lowest BCUT2D eigenvalue weighted by atomic mass is 10.1. The van der Waals surface area contributed by atoms with E-state index in [0.717, 1.165) is 44.3 Å². The summed E-state index contributed by atoms with van der Waals surface area (Å²) in [6.45, 7) is 3.97. The zero-order valence-corrected chi connectivity index (χ0v) is 21.9. The number of aryl methyl sites for hydroxylation is 2. The van der Waals surface area contributed by atoms with E-state index in [2.05, 4.69) is 29.6 Å². The van der Waals surface area contributed by atoms with Crippen LogP contribution in [0, 0.1) is 13.8 Å². The maximum atomic E-state index is 12.9. The van der Waals surface area contributed by atoms with E-state index in [1.807, 2.05) is 74.5 Å². The second kappa shape index (κ2) is 10.9. The first-order valence-electron chi connectivity index (χ1n) is 12.2. The monoisotopic (exact) mass is 522 g/mol. The molecule has 1 heterocycles. The van der Waals surface area contributed by atoms with Gasteiger partial charge >= 0.3 is 0 Å². The molecule has 0 spiro atoms. The highest BCUT2D eigenvalue weighted by Gasteiger charge is 2.36. The number of nitrogens with zero attached hydrogens (tertiary/aromatic N) is 1. The minimum absolute atomic E-state index is 0.277. The summed E-state index contributed by atoms with van der Waals surface area (Å²) < 4.78 is 5.99. The Morgan fingerprint density at radius 2 is 1.63 bits per heavy atom. The van der Waals surface area contributed by atoms with Gasteiger partial charge in [-0.3, -0.25) is 19.3 Å². The van der Waals surface area contributed by atoms with Gasteiger partial charge in [-0.1, -0.05) is 60.7 Å². The van der Waals surface area contributed by atoms with E-state index < -0.39 is 17.1 Å². The molecule has 4 aromatic carbocycles. The lowest BCUT2D eigenvalue weighted by Crippen LogP contribution is -2.36. The summed E-state index contributed by atoms with van der Waals surface area (Å²) >= 11 is 0.830. The van der Waals surface area contributed by atoms with Crippen molar-refractivity contribution in [2.45, 2.75) is 20.5 Å². The standard InChI is InChI=1S/C31H26N2O4S/c1-20-14-21(2)16-25(15-20)32-29(34)18-33-30(35)28(38-31(33)36)17-22-10-12-26(13-11-22)37-19-24-8-5-7-23-6-3-4-9-27(23)24/h3-17H,18-19H2,1-2H3,(H,32,34)/b28-17+. The van der Waals surface area contributed by atoms with Crippen molar-refractivity contribution >= 4 is 51.4 Å². The first-order chi connectivity index (χ1) is 18.4. The number of fused-ring (bicyclic) bond motifs is 1. The Hall–Kier alpha value is -4.36. The molecule has 0 atom stereocenters. The van der Waals surface area contributed by atoms with E-state index in [1.165, 1.54) is 5.39 Å². The first-order valence-corrected chi connectivity index (χ1v) is 13.0. The Kier molecular flexibility index (Phi) is 7.29. The quantitative estimate of drug-likeness (QED) is 0.273. The van der Waals surface area contributed by atoms with Gasteiger partial charge < -0.3 is 10.1 Å². The highest BCUT2D eigenvalue weighted by molar-refractivity contribution is 8.18. The van der Waals surface area contributed by atoms with Crippen LogP contribution in [0.15, 0.2) is 89.8 Å². The maximum Gasteiger partial charge on any atom is 0.294 e. The molecule has 3 amide bonds. The van der Waals surface area contributed by atoms with E-state index in [-0.39, 0.29) is 11.4 Å². The normalized spacial score (nSPS) is 14.4. The van der Waals surface area contributed by atoms with Crippen LogP contribution in [0.25, 0.3) is 16.8 Å². The third-order valence-corrected chi connectivity index (χ3v) is 7.04. The van der Waals surface area contributed by atoms with Crippen LogP contribution < -0.4 is 10.1 Å². The van der Waals surface area contributed by atoms with Crippen LogP contribution >= 0.6 is 11.8 Å². The minimum atomic E-state index is -0.480. The van der Waals surface area contributed by atoms with E-state index in [9.17, 15) is 14.4 Å². The summed E-state index contributed by atoms with van der Waals surface area (Å²) in [7, 11) is 0. The molecule has 0 radical (unpaired) electrons. The summed E-state index contributed by atoms with van der Waals surface area (Å²) in [4.78, 5) is 39.1. The molecular formula is C31H26N2O4S. The number of benzene rings is 4. The van der Waals surface area contributed by atoms with Crippen LogP contribution in [-0.2, 0) is 16.2 Å². The van der Waals surface area contributed by atoms with Gasteiger partial charge in [0.15, 0.2) is 0 Å². The van der Waals surface area contributed by atoms with E-state index >= 15 is 0 Å². The SMILES string of the molecule is Cc1cc(C)cc(NC(=O)CN2C(=O)S/C(=C/c3ccc(OCc4cccc5ccccc45)cc3)C2=O)c1. The second-order valence-electron chi connectivity index (χ2n) is 9.19. The molecule has 1 aliphatic heterocycles. The molecular weight excluding hydrogens is 496 g/mol. The zero-order chi connectivity index (χ0) is 26.6. The van der Waals surface area contributed by atoms with Gasteiger partial charge in [0, 0.05) is 5.69 Å². The molecule has 0 aliphatic carbocycles. The molecule has 7 heteroatoms. The average molecular weight is 523 g/mol. The van der Waals surface area contributed by atoms with Gasteiger partial charge in [0.2, 0.25) is 5.91 Å². The summed E-state index contributed by atoms with van der Waals surface area (Å²) in [5, 5.41) is 4.63. The fourth-order valence-corrected chi connectivity index (χ4v) is 5.26. The van der Waals surface area contributed by atoms with Crippen LogP contribution in [-0.4, -0.2) is 28.5 Å². The van der Waals surface area contributed by atoms with Gasteiger partial charge in [-0.15, -0.1) is 0 Å². The highest BCUT2D eigenvalue weighted by Crippen LogP contribution is 2.32. The number of anilines is 1. The van der Waals surface area contributed by atoms with Crippen LogP contribution in [0.4, 0.5) is 10.5 Å². The van der Waals surface area contributed by atoms with Crippen LogP contribution in [0.5, 0.6) is 5.75 Å². The number of imide groups is 1. The summed E-state index contributed by atoms with van der Waals surface area (Å²) in [6, 6.07) is 27.3. The average Bonchev–Trinajstić information content (AvgIpc) is 3.14. The Morgan fingerprint density at radius 1 is 0.921 bits per heavy atom. The molecule has 190 valence electrons. The van der Waals surface area contributed by atoms with Crippen molar-refractivity contribution in [3.8, 4) is 5.75 Å². The predicted octanol–water partition coefficient (Wildman–Crippen LogP) is 6.71. The number of amides is 3. The van der Waals surface area contributed by atoms with E-state index in [4.69, 9.17) is 4.74 Å². The number of thioether (sulfide) groups is 1. The molecule has 6 nitrogen and oxygen atoms in total. The number of rotatable bonds is 7. The molecule has 1 fully saturated rings. The molecule has 1 aliphatic rings. The van der Waals surface area contributed by atoms with Crippen LogP contribution in [0.2, 0.25) is 0 Å². The topological polar surface area (TPSA) is 75.7 Å². The molecule has 0 bridgehead atoms. The van der Waals surface area contributed by atoms with Crippen molar-refractivity contribution in [1.82, 2.24) is 4.90 Å². The van der Waals surface area contributed by atoms with Gasteiger partial charge in [-0.25, -0.2) is 0 Å². The van der Waals surface area contributed by atoms with Crippen molar-refractivity contribution < 1.29 is 19.1 Å². The molecule has 1 N–H and O–H groups in total. The van der Waals surface area contributed by atoms with Gasteiger partial charge in [0.05, 0.1) is 4.91 Å². The predicted molar refractivity (Wildman–Crippen MR) is 152 cm³/mol. The Labute approximate surface area is 225 Å². The fourth-order valence-electron chi connectivity index (χ4n) is 4.42. The lowest BCUT2D eigenvalue weighted by Gasteiger charge is -2.13. The van der Waals surface area contributed by atoms with Crippen molar-refractivity contribution in [2.24, 2.45) is 0 Å². The number of carbonyl (C=O) groups excluding carboxylic acids is 3. The second-order valence-corrected chi connectivity index (χ2v) is 10.2. The van der Waals surface area contributed by atoms with Gasteiger partial charge in [0.25, 0.3) is 11.1 Å². The van der Waals surface area contributed by atoms with Crippen molar-refractivity contribution in [1.29, 1.82) is 0 Å². The number of hydrogen-bond donors (Lipinski definition) is 1. The number of ether oxygens (including phenoxy) is 1.